The van der Waals surface area contributed by atoms with Crippen molar-refractivity contribution in [1.82, 2.24) is 5.32 Å². The zero-order valence-corrected chi connectivity index (χ0v) is 21.0. The minimum Gasteiger partial charge on any atom is -0.354 e. The number of carbonyl (C=O) groups excluding carboxylic acids is 1. The predicted octanol–water partition coefficient (Wildman–Crippen LogP) is 5.20. The molecule has 0 unspecified atom stereocenters. The Labute approximate surface area is 205 Å². The number of aryl methyl sites for hydroxylation is 2. The second-order valence-corrected chi connectivity index (χ2v) is 11.1. The van der Waals surface area contributed by atoms with Crippen LogP contribution in [0.15, 0.2) is 77.7 Å². The number of anilines is 1. The van der Waals surface area contributed by atoms with Gasteiger partial charge in [-0.3, -0.25) is 9.10 Å². The lowest BCUT2D eigenvalue weighted by atomic mass is 10.2. The lowest BCUT2D eigenvalue weighted by Crippen LogP contribution is -2.41. The van der Waals surface area contributed by atoms with Crippen LogP contribution in [0.2, 0.25) is 5.02 Å². The molecule has 3 aromatic rings. The first kappa shape index (κ1) is 25.1. The zero-order valence-electron chi connectivity index (χ0n) is 18.6. The van der Waals surface area contributed by atoms with E-state index in [1.54, 1.807) is 54.2 Å². The first-order valence-corrected chi connectivity index (χ1v) is 13.5. The molecule has 0 atom stereocenters. The number of hydrogen-bond donors (Lipinski definition) is 1. The van der Waals surface area contributed by atoms with E-state index in [1.807, 2.05) is 44.2 Å². The highest BCUT2D eigenvalue weighted by molar-refractivity contribution is 7.98. The van der Waals surface area contributed by atoms with Gasteiger partial charge in [0, 0.05) is 23.1 Å². The van der Waals surface area contributed by atoms with Gasteiger partial charge >= 0.3 is 0 Å². The van der Waals surface area contributed by atoms with E-state index in [9.17, 15) is 13.2 Å². The SMILES string of the molecule is Cc1ccc(S(=O)(=O)N(CC(=O)NCCSCc2cccc(Cl)c2)c2cccc(C)c2)cc1. The smallest absolute Gasteiger partial charge is 0.264 e. The van der Waals surface area contributed by atoms with E-state index in [4.69, 9.17) is 11.6 Å². The van der Waals surface area contributed by atoms with Gasteiger partial charge in [-0.1, -0.05) is 53.6 Å². The Hall–Kier alpha value is -2.48. The van der Waals surface area contributed by atoms with Gasteiger partial charge in [0.2, 0.25) is 5.91 Å². The van der Waals surface area contributed by atoms with Crippen molar-refractivity contribution >= 4 is 45.0 Å². The standard InChI is InChI=1S/C25H27ClN2O3S2/c1-19-9-11-24(12-10-19)33(30,31)28(23-8-3-5-20(2)15-23)17-25(29)27-13-14-32-18-21-6-4-7-22(26)16-21/h3-12,15-16H,13-14,17-18H2,1-2H3,(H,27,29). The van der Waals surface area contributed by atoms with Crippen LogP contribution < -0.4 is 9.62 Å². The van der Waals surface area contributed by atoms with Crippen molar-refractivity contribution in [3.63, 3.8) is 0 Å². The van der Waals surface area contributed by atoms with Gasteiger partial charge in [-0.15, -0.1) is 0 Å². The third kappa shape index (κ3) is 7.25. The Bertz CT molecular complexity index is 1200. The Kier molecular flexibility index (Phi) is 8.83. The van der Waals surface area contributed by atoms with Gasteiger partial charge in [0.1, 0.15) is 6.54 Å². The van der Waals surface area contributed by atoms with Crippen molar-refractivity contribution in [3.8, 4) is 0 Å². The van der Waals surface area contributed by atoms with E-state index >= 15 is 0 Å². The average molecular weight is 503 g/mol. The van der Waals surface area contributed by atoms with Crippen molar-refractivity contribution in [2.75, 3.05) is 23.1 Å². The van der Waals surface area contributed by atoms with Crippen LogP contribution >= 0.6 is 23.4 Å². The maximum absolute atomic E-state index is 13.4. The van der Waals surface area contributed by atoms with Gasteiger partial charge in [-0.05, 0) is 61.4 Å². The number of thioether (sulfide) groups is 1. The van der Waals surface area contributed by atoms with Crippen molar-refractivity contribution in [1.29, 1.82) is 0 Å². The molecule has 0 saturated carbocycles. The molecule has 0 fully saturated rings. The Morgan fingerprint density at radius 3 is 2.39 bits per heavy atom. The summed E-state index contributed by atoms with van der Waals surface area (Å²) in [5.74, 6) is 1.14. The molecule has 0 bridgehead atoms. The average Bonchev–Trinajstić information content (AvgIpc) is 2.77. The molecule has 33 heavy (non-hydrogen) atoms. The first-order chi connectivity index (χ1) is 15.8. The summed E-state index contributed by atoms with van der Waals surface area (Å²) in [4.78, 5) is 12.8. The minimum absolute atomic E-state index is 0.152. The second kappa shape index (κ2) is 11.6. The van der Waals surface area contributed by atoms with E-state index in [1.165, 1.54) is 4.31 Å². The molecule has 3 rings (SSSR count). The predicted molar refractivity (Wildman–Crippen MR) is 138 cm³/mol. The summed E-state index contributed by atoms with van der Waals surface area (Å²) in [6.07, 6.45) is 0. The summed E-state index contributed by atoms with van der Waals surface area (Å²) in [6, 6.07) is 21.4. The Morgan fingerprint density at radius 1 is 0.970 bits per heavy atom. The summed E-state index contributed by atoms with van der Waals surface area (Å²) >= 11 is 7.68. The highest BCUT2D eigenvalue weighted by atomic mass is 35.5. The molecule has 3 aromatic carbocycles. The highest BCUT2D eigenvalue weighted by Gasteiger charge is 2.27. The molecule has 8 heteroatoms. The number of halogens is 1. The van der Waals surface area contributed by atoms with Crippen molar-refractivity contribution < 1.29 is 13.2 Å². The van der Waals surface area contributed by atoms with Crippen molar-refractivity contribution in [2.24, 2.45) is 0 Å². The van der Waals surface area contributed by atoms with Gasteiger partial charge in [0.15, 0.2) is 0 Å². The van der Waals surface area contributed by atoms with Crippen LogP contribution in [0.25, 0.3) is 0 Å². The monoisotopic (exact) mass is 502 g/mol. The van der Waals surface area contributed by atoms with E-state index in [0.29, 0.717) is 23.0 Å². The number of sulfonamides is 1. The highest BCUT2D eigenvalue weighted by Crippen LogP contribution is 2.24. The first-order valence-electron chi connectivity index (χ1n) is 10.5. The van der Waals surface area contributed by atoms with Gasteiger partial charge in [0.25, 0.3) is 10.0 Å². The normalized spacial score (nSPS) is 11.2. The number of hydrogen-bond acceptors (Lipinski definition) is 4. The van der Waals surface area contributed by atoms with E-state index < -0.39 is 10.0 Å². The molecule has 0 aliphatic rings. The van der Waals surface area contributed by atoms with Crippen LogP contribution in [0, 0.1) is 13.8 Å². The topological polar surface area (TPSA) is 66.5 Å². The molecule has 0 saturated heterocycles. The molecule has 174 valence electrons. The van der Waals surface area contributed by atoms with Gasteiger partial charge in [0.05, 0.1) is 10.6 Å². The fourth-order valence-electron chi connectivity index (χ4n) is 3.20. The molecular weight excluding hydrogens is 476 g/mol. The summed E-state index contributed by atoms with van der Waals surface area (Å²) in [5.41, 5.74) is 3.45. The minimum atomic E-state index is -3.90. The largest absolute Gasteiger partial charge is 0.354 e. The van der Waals surface area contributed by atoms with Crippen LogP contribution in [0.3, 0.4) is 0 Å². The van der Waals surface area contributed by atoms with E-state index in [-0.39, 0.29) is 17.3 Å². The number of carbonyl (C=O) groups is 1. The summed E-state index contributed by atoms with van der Waals surface area (Å²) in [5, 5.41) is 3.54. The number of nitrogens with one attached hydrogen (secondary N) is 1. The Morgan fingerprint density at radius 2 is 1.70 bits per heavy atom. The van der Waals surface area contributed by atoms with Gasteiger partial charge in [-0.25, -0.2) is 8.42 Å². The fourth-order valence-corrected chi connectivity index (χ4v) is 5.63. The zero-order chi connectivity index (χ0) is 23.8. The van der Waals surface area contributed by atoms with Gasteiger partial charge < -0.3 is 5.32 Å². The number of amides is 1. The summed E-state index contributed by atoms with van der Waals surface area (Å²) in [7, 11) is -3.90. The van der Waals surface area contributed by atoms with Crippen molar-refractivity contribution in [3.05, 3.63) is 94.5 Å². The molecule has 0 aliphatic heterocycles. The maximum Gasteiger partial charge on any atom is 0.264 e. The van der Waals surface area contributed by atoms with Crippen LogP contribution in [0.4, 0.5) is 5.69 Å². The van der Waals surface area contributed by atoms with Crippen LogP contribution in [-0.2, 0) is 20.6 Å². The molecule has 0 aromatic heterocycles. The second-order valence-electron chi connectivity index (χ2n) is 7.70. The van der Waals surface area contributed by atoms with Crippen LogP contribution in [0.5, 0.6) is 0 Å². The van der Waals surface area contributed by atoms with E-state index in [0.717, 1.165) is 22.4 Å². The number of nitrogens with zero attached hydrogens (tertiary/aromatic N) is 1. The fraction of sp³-hybridized carbons (Fsp3) is 0.240. The maximum atomic E-state index is 13.4. The quantitative estimate of drug-likeness (QED) is 0.387. The van der Waals surface area contributed by atoms with Crippen molar-refractivity contribution in [2.45, 2.75) is 24.5 Å². The lowest BCUT2D eigenvalue weighted by Gasteiger charge is -2.24. The molecular formula is C25H27ClN2O3S2. The molecule has 0 heterocycles. The van der Waals surface area contributed by atoms with Gasteiger partial charge in [-0.2, -0.15) is 11.8 Å². The molecule has 5 nitrogen and oxygen atoms in total. The number of rotatable bonds is 10. The molecule has 1 amide bonds. The molecule has 0 aliphatic carbocycles. The number of benzene rings is 3. The Balaban J connectivity index is 1.64. The van der Waals surface area contributed by atoms with Crippen LogP contribution in [0.1, 0.15) is 16.7 Å². The molecule has 1 N–H and O–H groups in total. The van der Waals surface area contributed by atoms with E-state index in [2.05, 4.69) is 5.32 Å². The third-order valence-electron chi connectivity index (χ3n) is 4.91. The third-order valence-corrected chi connectivity index (χ3v) is 7.97. The van der Waals surface area contributed by atoms with Crippen LogP contribution in [-0.4, -0.2) is 33.2 Å². The summed E-state index contributed by atoms with van der Waals surface area (Å²) < 4.78 is 27.9. The summed E-state index contributed by atoms with van der Waals surface area (Å²) in [6.45, 7) is 3.93. The lowest BCUT2D eigenvalue weighted by molar-refractivity contribution is -0.119. The molecule has 0 spiro atoms. The molecule has 0 radical (unpaired) electrons.